The molecule has 1 atom stereocenters. The van der Waals surface area contributed by atoms with E-state index in [2.05, 4.69) is 22.9 Å². The minimum absolute atomic E-state index is 0. The number of halogens is 1. The van der Waals surface area contributed by atoms with Crippen molar-refractivity contribution in [3.63, 3.8) is 0 Å². The van der Waals surface area contributed by atoms with Gasteiger partial charge in [-0.15, -0.1) is 12.4 Å². The van der Waals surface area contributed by atoms with Gasteiger partial charge in [-0.1, -0.05) is 6.92 Å². The van der Waals surface area contributed by atoms with Crippen LogP contribution in [0.25, 0.3) is 0 Å². The second-order valence-electron chi connectivity index (χ2n) is 1.85. The van der Waals surface area contributed by atoms with Gasteiger partial charge in [0.15, 0.2) is 0 Å². The molecule has 0 aromatic rings. The van der Waals surface area contributed by atoms with Crippen molar-refractivity contribution in [2.75, 3.05) is 6.54 Å². The highest BCUT2D eigenvalue weighted by atomic mass is 35.5. The van der Waals surface area contributed by atoms with E-state index in [0.717, 1.165) is 13.0 Å². The monoisotopic (exact) mass is 163 g/mol. The van der Waals surface area contributed by atoms with E-state index < -0.39 is 0 Å². The zero-order valence-corrected chi connectivity index (χ0v) is 7.19. The van der Waals surface area contributed by atoms with Gasteiger partial charge >= 0.3 is 0 Å². The van der Waals surface area contributed by atoms with E-state index in [4.69, 9.17) is 5.73 Å². The molecule has 0 aromatic heterocycles. The first-order chi connectivity index (χ1) is 4.27. The third-order valence-corrected chi connectivity index (χ3v) is 0.667. The zero-order valence-electron chi connectivity index (χ0n) is 6.37. The average Bonchev–Trinajstić information content (AvgIpc) is 1.80. The van der Waals surface area contributed by atoms with Crippen molar-refractivity contribution in [3.8, 4) is 0 Å². The van der Waals surface area contributed by atoms with E-state index in [1.165, 1.54) is 0 Å². The molecule has 0 aliphatic rings. The summed E-state index contributed by atoms with van der Waals surface area (Å²) in [5, 5.41) is 0. The lowest BCUT2D eigenvalue weighted by Gasteiger charge is -1.87. The van der Waals surface area contributed by atoms with E-state index in [-0.39, 0.29) is 18.6 Å². The fourth-order valence-electron chi connectivity index (χ4n) is 0.294. The molecule has 0 saturated heterocycles. The Balaban J connectivity index is 0. The summed E-state index contributed by atoms with van der Waals surface area (Å²) in [5.74, 6) is 0. The molecule has 1 unspecified atom stereocenters. The van der Waals surface area contributed by atoms with Crippen molar-refractivity contribution in [1.82, 2.24) is 0 Å². The fraction of sp³-hybridized carbons (Fsp3) is 0.833. The van der Waals surface area contributed by atoms with Crippen LogP contribution < -0.4 is 5.73 Å². The third kappa shape index (κ3) is 10.6. The molecule has 2 N–H and O–H groups in total. The van der Waals surface area contributed by atoms with Crippen LogP contribution in [0.1, 0.15) is 20.3 Å². The first kappa shape index (κ1) is 12.3. The normalized spacial score (nSPS) is 10.7. The lowest BCUT2D eigenvalue weighted by atomic mass is 10.5. The van der Waals surface area contributed by atoms with Gasteiger partial charge in [-0.25, -0.2) is 9.98 Å². The molecule has 0 aliphatic carbocycles. The second-order valence-corrected chi connectivity index (χ2v) is 1.85. The summed E-state index contributed by atoms with van der Waals surface area (Å²) in [6.07, 6.45) is 0.854. The van der Waals surface area contributed by atoms with Gasteiger partial charge in [0.2, 0.25) is 0 Å². The molecule has 0 aromatic carbocycles. The molecule has 0 bridgehead atoms. The standard InChI is InChI=1S/C6H13N3.ClH/c1-3-4-8-5-9-6(2)7;/h6H,3-4,7H2,1-2H3;1H. The van der Waals surface area contributed by atoms with Crippen LogP contribution in [0, 0.1) is 0 Å². The zero-order chi connectivity index (χ0) is 7.11. The summed E-state index contributed by atoms with van der Waals surface area (Å²) in [6.45, 7) is 4.63. The van der Waals surface area contributed by atoms with Crippen molar-refractivity contribution in [2.24, 2.45) is 15.7 Å². The van der Waals surface area contributed by atoms with Crippen LogP contribution in [0.5, 0.6) is 0 Å². The minimum Gasteiger partial charge on any atom is -0.309 e. The molecule has 0 fully saturated rings. The van der Waals surface area contributed by atoms with Crippen LogP contribution in [0.2, 0.25) is 0 Å². The van der Waals surface area contributed by atoms with Crippen LogP contribution in [0.3, 0.4) is 0 Å². The maximum atomic E-state index is 5.29. The Morgan fingerprint density at radius 2 is 2.20 bits per heavy atom. The van der Waals surface area contributed by atoms with Crippen molar-refractivity contribution < 1.29 is 0 Å². The maximum Gasteiger partial charge on any atom is 0.105 e. The van der Waals surface area contributed by atoms with Crippen molar-refractivity contribution in [1.29, 1.82) is 0 Å². The molecule has 0 rings (SSSR count). The predicted octanol–water partition coefficient (Wildman–Crippen LogP) is 1.30. The van der Waals surface area contributed by atoms with Gasteiger partial charge in [-0.2, -0.15) is 0 Å². The molecule has 4 heteroatoms. The minimum atomic E-state index is -0.175. The Morgan fingerprint density at radius 3 is 2.60 bits per heavy atom. The van der Waals surface area contributed by atoms with Gasteiger partial charge < -0.3 is 5.73 Å². The van der Waals surface area contributed by atoms with Crippen LogP contribution in [0.4, 0.5) is 0 Å². The van der Waals surface area contributed by atoms with Crippen LogP contribution in [0.15, 0.2) is 9.98 Å². The molecular weight excluding hydrogens is 150 g/mol. The van der Waals surface area contributed by atoms with Crippen molar-refractivity contribution in [3.05, 3.63) is 0 Å². The van der Waals surface area contributed by atoms with Crippen LogP contribution in [-0.2, 0) is 0 Å². The molecule has 10 heavy (non-hydrogen) atoms. The summed E-state index contributed by atoms with van der Waals surface area (Å²) in [6, 6.07) is 2.51. The van der Waals surface area contributed by atoms with Crippen LogP contribution in [-0.4, -0.2) is 18.7 Å². The SMILES string of the molecule is CCCN=C=NC(C)N.Cl. The van der Waals surface area contributed by atoms with Crippen molar-refractivity contribution >= 4 is 18.4 Å². The lowest BCUT2D eigenvalue weighted by Crippen LogP contribution is -2.09. The highest BCUT2D eigenvalue weighted by Crippen LogP contribution is 1.75. The molecule has 0 heterocycles. The molecule has 0 saturated carbocycles. The number of rotatable bonds is 3. The number of aliphatic imine (C=N–C) groups is 2. The van der Waals surface area contributed by atoms with E-state index in [1.807, 2.05) is 0 Å². The number of nitrogens with zero attached hydrogens (tertiary/aromatic N) is 2. The van der Waals surface area contributed by atoms with Crippen LogP contribution >= 0.6 is 12.4 Å². The molecule has 0 amide bonds. The Kier molecular flexibility index (Phi) is 10.6. The fourth-order valence-corrected chi connectivity index (χ4v) is 0.294. The van der Waals surface area contributed by atoms with Gasteiger partial charge in [0.1, 0.15) is 6.17 Å². The quantitative estimate of drug-likeness (QED) is 0.627. The second kappa shape index (κ2) is 8.63. The van der Waals surface area contributed by atoms with Gasteiger partial charge in [0, 0.05) is 6.54 Å². The first-order valence-electron chi connectivity index (χ1n) is 3.14. The highest BCUT2D eigenvalue weighted by molar-refractivity contribution is 5.85. The Labute approximate surface area is 67.8 Å². The molecule has 3 nitrogen and oxygen atoms in total. The Morgan fingerprint density at radius 1 is 1.60 bits per heavy atom. The molecule has 60 valence electrons. The molecular formula is C6H14ClN3. The smallest absolute Gasteiger partial charge is 0.105 e. The Bertz CT molecular complexity index is 116. The summed E-state index contributed by atoms with van der Waals surface area (Å²) < 4.78 is 0. The van der Waals surface area contributed by atoms with E-state index in [9.17, 15) is 0 Å². The van der Waals surface area contributed by atoms with Crippen molar-refractivity contribution in [2.45, 2.75) is 26.4 Å². The van der Waals surface area contributed by atoms with E-state index in [1.54, 1.807) is 6.92 Å². The Hall–Kier alpha value is -0.370. The predicted molar refractivity (Wildman–Crippen MR) is 45.9 cm³/mol. The van der Waals surface area contributed by atoms with Gasteiger partial charge in [0.25, 0.3) is 0 Å². The third-order valence-electron chi connectivity index (χ3n) is 0.667. The largest absolute Gasteiger partial charge is 0.309 e. The topological polar surface area (TPSA) is 50.7 Å². The average molecular weight is 164 g/mol. The lowest BCUT2D eigenvalue weighted by molar-refractivity contribution is 0.795. The number of hydrogen-bond acceptors (Lipinski definition) is 3. The number of hydrogen-bond donors (Lipinski definition) is 1. The van der Waals surface area contributed by atoms with Gasteiger partial charge in [-0.05, 0) is 13.3 Å². The summed E-state index contributed by atoms with van der Waals surface area (Å²) in [7, 11) is 0. The van der Waals surface area contributed by atoms with E-state index >= 15 is 0 Å². The summed E-state index contributed by atoms with van der Waals surface area (Å²) >= 11 is 0. The molecule has 0 aliphatic heterocycles. The van der Waals surface area contributed by atoms with E-state index in [0.29, 0.717) is 0 Å². The maximum absolute atomic E-state index is 5.29. The summed E-state index contributed by atoms with van der Waals surface area (Å²) in [5.41, 5.74) is 5.29. The van der Waals surface area contributed by atoms with Gasteiger partial charge in [0.05, 0.1) is 6.01 Å². The van der Waals surface area contributed by atoms with Gasteiger partial charge in [-0.3, -0.25) is 0 Å². The summed E-state index contributed by atoms with van der Waals surface area (Å²) in [4.78, 5) is 7.56. The first-order valence-corrected chi connectivity index (χ1v) is 3.14. The molecule has 0 radical (unpaired) electrons. The molecule has 0 spiro atoms. The number of nitrogens with two attached hydrogens (primary N) is 1. The highest BCUT2D eigenvalue weighted by Gasteiger charge is 1.78.